The minimum absolute atomic E-state index is 0.886. The lowest BCUT2D eigenvalue weighted by Crippen LogP contribution is -2.46. The molecular weight excluding hydrogens is 250 g/mol. The van der Waals surface area contributed by atoms with Gasteiger partial charge in [0.15, 0.2) is 0 Å². The van der Waals surface area contributed by atoms with Crippen molar-refractivity contribution in [3.05, 3.63) is 48.3 Å². The van der Waals surface area contributed by atoms with Crippen LogP contribution in [0.15, 0.2) is 36.9 Å². The summed E-state index contributed by atoms with van der Waals surface area (Å²) in [6.07, 6.45) is 7.42. The highest BCUT2D eigenvalue weighted by atomic mass is 15.3. The smallest absolute Gasteiger partial charge is 0.0727 e. The fourth-order valence-electron chi connectivity index (χ4n) is 2.45. The second-order valence-corrected chi connectivity index (χ2v) is 5.12. The Morgan fingerprint density at radius 3 is 2.40 bits per heavy atom. The Labute approximate surface area is 119 Å². The van der Waals surface area contributed by atoms with Crippen molar-refractivity contribution in [2.45, 2.75) is 13.5 Å². The van der Waals surface area contributed by atoms with Crippen LogP contribution < -0.4 is 4.90 Å². The van der Waals surface area contributed by atoms with Gasteiger partial charge in [-0.25, -0.2) is 0 Å². The maximum absolute atomic E-state index is 4.42. The quantitative estimate of drug-likeness (QED) is 0.845. The Kier molecular flexibility index (Phi) is 3.87. The molecule has 0 spiro atoms. The first-order valence-electron chi connectivity index (χ1n) is 6.96. The first-order valence-corrected chi connectivity index (χ1v) is 6.96. The van der Waals surface area contributed by atoms with Gasteiger partial charge < -0.3 is 4.90 Å². The van der Waals surface area contributed by atoms with Crippen molar-refractivity contribution < 1.29 is 0 Å². The van der Waals surface area contributed by atoms with E-state index in [1.54, 1.807) is 0 Å². The van der Waals surface area contributed by atoms with Gasteiger partial charge in [-0.1, -0.05) is 0 Å². The molecule has 20 heavy (non-hydrogen) atoms. The van der Waals surface area contributed by atoms with Crippen LogP contribution in [0.3, 0.4) is 0 Å². The van der Waals surface area contributed by atoms with E-state index in [2.05, 4.69) is 36.9 Å². The molecule has 1 saturated heterocycles. The van der Waals surface area contributed by atoms with E-state index in [4.69, 9.17) is 0 Å². The van der Waals surface area contributed by atoms with Crippen molar-refractivity contribution >= 4 is 5.69 Å². The summed E-state index contributed by atoms with van der Waals surface area (Å²) >= 11 is 0. The predicted molar refractivity (Wildman–Crippen MR) is 78.5 cm³/mol. The molecule has 1 fully saturated rings. The van der Waals surface area contributed by atoms with E-state index in [1.165, 1.54) is 5.69 Å². The molecule has 0 amide bonds. The number of nitrogens with zero attached hydrogens (tertiary/aromatic N) is 5. The molecule has 5 nitrogen and oxygen atoms in total. The van der Waals surface area contributed by atoms with Crippen LogP contribution in [0.1, 0.15) is 11.4 Å². The average molecular weight is 269 g/mol. The highest BCUT2D eigenvalue weighted by molar-refractivity contribution is 5.44. The molecule has 0 aliphatic carbocycles. The van der Waals surface area contributed by atoms with Crippen molar-refractivity contribution in [2.24, 2.45) is 0 Å². The Hall–Kier alpha value is -2.01. The monoisotopic (exact) mass is 269 g/mol. The molecule has 0 atom stereocenters. The summed E-state index contributed by atoms with van der Waals surface area (Å²) in [6.45, 7) is 7.05. The molecule has 1 aliphatic heterocycles. The third kappa shape index (κ3) is 3.11. The zero-order chi connectivity index (χ0) is 13.8. The minimum atomic E-state index is 0.886. The number of anilines is 1. The Balaban J connectivity index is 1.55. The fourth-order valence-corrected chi connectivity index (χ4v) is 2.45. The lowest BCUT2D eigenvalue weighted by atomic mass is 10.2. The summed E-state index contributed by atoms with van der Waals surface area (Å²) < 4.78 is 0. The van der Waals surface area contributed by atoms with Crippen LogP contribution in [0, 0.1) is 6.92 Å². The molecule has 0 radical (unpaired) electrons. The number of aryl methyl sites for hydroxylation is 1. The van der Waals surface area contributed by atoms with Gasteiger partial charge in [-0.15, -0.1) is 0 Å². The number of pyridine rings is 1. The molecule has 2 aromatic heterocycles. The summed E-state index contributed by atoms with van der Waals surface area (Å²) in [4.78, 5) is 17.6. The summed E-state index contributed by atoms with van der Waals surface area (Å²) in [5, 5.41) is 0. The Bertz CT molecular complexity index is 532. The molecule has 2 aromatic rings. The standard InChI is InChI=1S/C15H19N5/c1-13-10-18-14(11-17-13)12-19-6-8-20(9-7-19)15-2-4-16-5-3-15/h2-5,10-11H,6-9,12H2,1H3. The van der Waals surface area contributed by atoms with E-state index < -0.39 is 0 Å². The zero-order valence-corrected chi connectivity index (χ0v) is 11.7. The highest BCUT2D eigenvalue weighted by Gasteiger charge is 2.17. The fraction of sp³-hybridized carbons (Fsp3) is 0.400. The Morgan fingerprint density at radius 2 is 1.75 bits per heavy atom. The first-order chi connectivity index (χ1) is 9.81. The first kappa shape index (κ1) is 13.0. The molecule has 0 bridgehead atoms. The predicted octanol–water partition coefficient (Wildman–Crippen LogP) is 1.50. The molecule has 1 aliphatic rings. The summed E-state index contributed by atoms with van der Waals surface area (Å²) in [7, 11) is 0. The maximum atomic E-state index is 4.42. The normalized spacial score (nSPS) is 16.4. The van der Waals surface area contributed by atoms with E-state index in [-0.39, 0.29) is 0 Å². The molecule has 0 aromatic carbocycles. The highest BCUT2D eigenvalue weighted by Crippen LogP contribution is 2.15. The van der Waals surface area contributed by atoms with Crippen LogP contribution in [-0.2, 0) is 6.54 Å². The van der Waals surface area contributed by atoms with Crippen molar-refractivity contribution in [1.29, 1.82) is 0 Å². The van der Waals surface area contributed by atoms with E-state index in [0.29, 0.717) is 0 Å². The number of aromatic nitrogens is 3. The van der Waals surface area contributed by atoms with Crippen molar-refractivity contribution in [3.63, 3.8) is 0 Å². The van der Waals surface area contributed by atoms with Gasteiger partial charge in [0, 0.05) is 63.2 Å². The topological polar surface area (TPSA) is 45.2 Å². The lowest BCUT2D eigenvalue weighted by molar-refractivity contribution is 0.247. The molecule has 0 saturated carbocycles. The molecule has 3 heterocycles. The molecule has 0 unspecified atom stereocenters. The van der Waals surface area contributed by atoms with Crippen molar-refractivity contribution in [2.75, 3.05) is 31.1 Å². The van der Waals surface area contributed by atoms with Crippen molar-refractivity contribution in [3.8, 4) is 0 Å². The van der Waals surface area contributed by atoms with Gasteiger partial charge >= 0.3 is 0 Å². The van der Waals surface area contributed by atoms with Crippen LogP contribution in [0.25, 0.3) is 0 Å². The van der Waals surface area contributed by atoms with Crippen LogP contribution in [0.2, 0.25) is 0 Å². The largest absolute Gasteiger partial charge is 0.369 e. The molecule has 0 N–H and O–H groups in total. The van der Waals surface area contributed by atoms with Gasteiger partial charge in [0.25, 0.3) is 0 Å². The summed E-state index contributed by atoms with van der Waals surface area (Å²) in [5.74, 6) is 0. The summed E-state index contributed by atoms with van der Waals surface area (Å²) in [6, 6.07) is 4.14. The van der Waals surface area contributed by atoms with Crippen molar-refractivity contribution in [1.82, 2.24) is 19.9 Å². The van der Waals surface area contributed by atoms with Gasteiger partial charge in [-0.05, 0) is 19.1 Å². The maximum Gasteiger partial charge on any atom is 0.0727 e. The van der Waals surface area contributed by atoms with Crippen LogP contribution in [0.5, 0.6) is 0 Å². The third-order valence-corrected chi connectivity index (χ3v) is 3.62. The molecule has 5 heteroatoms. The van der Waals surface area contributed by atoms with Gasteiger partial charge in [0.05, 0.1) is 11.4 Å². The molecular formula is C15H19N5. The molecule has 104 valence electrons. The molecule has 3 rings (SSSR count). The van der Waals surface area contributed by atoms with E-state index >= 15 is 0 Å². The number of hydrogen-bond acceptors (Lipinski definition) is 5. The van der Waals surface area contributed by atoms with Crippen LogP contribution in [-0.4, -0.2) is 46.0 Å². The number of hydrogen-bond donors (Lipinski definition) is 0. The SMILES string of the molecule is Cc1cnc(CN2CCN(c3ccncc3)CC2)cn1. The van der Waals surface area contributed by atoms with Gasteiger partial charge in [-0.2, -0.15) is 0 Å². The van der Waals surface area contributed by atoms with E-state index in [0.717, 1.165) is 44.1 Å². The number of rotatable bonds is 3. The third-order valence-electron chi connectivity index (χ3n) is 3.62. The van der Waals surface area contributed by atoms with Gasteiger partial charge in [0.1, 0.15) is 0 Å². The van der Waals surface area contributed by atoms with Gasteiger partial charge in [0.2, 0.25) is 0 Å². The van der Waals surface area contributed by atoms with Crippen LogP contribution in [0.4, 0.5) is 5.69 Å². The van der Waals surface area contributed by atoms with Crippen LogP contribution >= 0.6 is 0 Å². The second-order valence-electron chi connectivity index (χ2n) is 5.12. The Morgan fingerprint density at radius 1 is 1.00 bits per heavy atom. The van der Waals surface area contributed by atoms with E-state index in [9.17, 15) is 0 Å². The number of piperazine rings is 1. The minimum Gasteiger partial charge on any atom is -0.369 e. The lowest BCUT2D eigenvalue weighted by Gasteiger charge is -2.35. The second kappa shape index (κ2) is 5.96. The summed E-state index contributed by atoms with van der Waals surface area (Å²) in [5.41, 5.74) is 3.28. The van der Waals surface area contributed by atoms with Gasteiger partial charge in [-0.3, -0.25) is 19.9 Å². The average Bonchev–Trinajstić information content (AvgIpc) is 2.51. The zero-order valence-electron chi connectivity index (χ0n) is 11.7. The van der Waals surface area contributed by atoms with E-state index in [1.807, 2.05) is 31.7 Å².